The van der Waals surface area contributed by atoms with E-state index in [0.717, 1.165) is 22.1 Å². The Morgan fingerprint density at radius 3 is 1.16 bits per heavy atom. The highest BCUT2D eigenvalue weighted by Crippen LogP contribution is 2.19. The van der Waals surface area contributed by atoms with Crippen molar-refractivity contribution in [1.29, 1.82) is 0 Å². The number of carboxylic acids is 1. The smallest absolute Gasteiger partial charge is 0.371 e. The summed E-state index contributed by atoms with van der Waals surface area (Å²) < 4.78 is 4.50. The fraction of sp³-hybridized carbons (Fsp3) is 0. The maximum atomic E-state index is 9.97. The van der Waals surface area contributed by atoms with Crippen molar-refractivity contribution in [3.63, 3.8) is 0 Å². The molecule has 5 nitrogen and oxygen atoms in total. The number of carbonyl (C=O) groups is 1. The minimum atomic E-state index is -1.03. The Morgan fingerprint density at radius 2 is 0.892 bits per heavy atom. The van der Waals surface area contributed by atoms with Gasteiger partial charge in [-0.25, -0.2) is 14.8 Å². The maximum Gasteiger partial charge on any atom is 0.371 e. The van der Waals surface area contributed by atoms with E-state index >= 15 is 0 Å². The van der Waals surface area contributed by atoms with Crippen LogP contribution in [0.15, 0.2) is 132 Å². The number of aromatic carboxylic acids is 1. The van der Waals surface area contributed by atoms with Gasteiger partial charge in [-0.1, -0.05) is 72.8 Å². The van der Waals surface area contributed by atoms with E-state index in [-0.39, 0.29) is 22.7 Å². The summed E-state index contributed by atoms with van der Waals surface area (Å²) in [6.07, 6.45) is 1.32. The molecule has 0 bridgehead atoms. The van der Waals surface area contributed by atoms with E-state index < -0.39 is 5.97 Å². The zero-order valence-electron chi connectivity index (χ0n) is 19.7. The number of hydrogen-bond acceptors (Lipinski definition) is 4. The van der Waals surface area contributed by atoms with E-state index in [4.69, 9.17) is 5.11 Å². The summed E-state index contributed by atoms with van der Waals surface area (Å²) in [5, 5.41) is 13.0. The number of rotatable bonds is 1. The van der Waals surface area contributed by atoms with Crippen LogP contribution in [0.1, 0.15) is 10.6 Å². The van der Waals surface area contributed by atoms with Gasteiger partial charge in [0.25, 0.3) is 0 Å². The number of hydrogen-bond donors (Lipinski definition) is 1. The van der Waals surface area contributed by atoms with Gasteiger partial charge in [-0.15, -0.1) is 17.0 Å². The van der Waals surface area contributed by atoms with Crippen LogP contribution in [0, 0.1) is 0 Å². The zero-order chi connectivity index (χ0) is 24.7. The van der Waals surface area contributed by atoms with Crippen molar-refractivity contribution in [3.05, 3.63) is 133 Å². The van der Waals surface area contributed by atoms with Crippen molar-refractivity contribution in [2.75, 3.05) is 0 Å². The van der Waals surface area contributed by atoms with Crippen LogP contribution in [0.3, 0.4) is 0 Å². The number of furan rings is 1. The SMILES string of the molecule is Br.O=C(O)c1ccco1.c1ccc2nc3ccccc3cc2c1.c1ccc2nc3ccccc3cc2c1. The molecule has 0 radical (unpaired) electrons. The van der Waals surface area contributed by atoms with Crippen LogP contribution in [-0.4, -0.2) is 21.0 Å². The minimum absolute atomic E-state index is 0. The Morgan fingerprint density at radius 1 is 0.541 bits per heavy atom. The highest BCUT2D eigenvalue weighted by Gasteiger charge is 2.02. The molecule has 0 aliphatic carbocycles. The topological polar surface area (TPSA) is 76.2 Å². The van der Waals surface area contributed by atoms with Crippen LogP contribution in [0.4, 0.5) is 0 Å². The van der Waals surface area contributed by atoms with Crippen LogP contribution in [0.5, 0.6) is 0 Å². The summed E-state index contributed by atoms with van der Waals surface area (Å²) in [7, 11) is 0. The highest BCUT2D eigenvalue weighted by atomic mass is 79.9. The van der Waals surface area contributed by atoms with Gasteiger partial charge in [-0.05, 0) is 48.5 Å². The number of para-hydroxylation sites is 4. The second kappa shape index (κ2) is 11.9. The summed E-state index contributed by atoms with van der Waals surface area (Å²) >= 11 is 0. The van der Waals surface area contributed by atoms with Gasteiger partial charge in [0.2, 0.25) is 5.76 Å². The van der Waals surface area contributed by atoms with Gasteiger partial charge in [-0.3, -0.25) is 0 Å². The predicted molar refractivity (Wildman–Crippen MR) is 154 cm³/mol. The van der Waals surface area contributed by atoms with Crippen LogP contribution in [0.25, 0.3) is 43.6 Å². The molecule has 1 N–H and O–H groups in total. The van der Waals surface area contributed by atoms with Gasteiger partial charge < -0.3 is 9.52 Å². The van der Waals surface area contributed by atoms with Crippen LogP contribution >= 0.6 is 17.0 Å². The van der Waals surface area contributed by atoms with Crippen molar-refractivity contribution in [3.8, 4) is 0 Å². The number of halogens is 1. The first kappa shape index (κ1) is 25.5. The second-order valence-electron chi connectivity index (χ2n) is 8.03. The molecular weight excluding hydrogens is 528 g/mol. The number of pyridine rings is 2. The van der Waals surface area contributed by atoms with E-state index in [1.165, 1.54) is 39.9 Å². The third-order valence-corrected chi connectivity index (χ3v) is 5.58. The number of nitrogens with zero attached hydrogens (tertiary/aromatic N) is 2. The van der Waals surface area contributed by atoms with Crippen LogP contribution in [0.2, 0.25) is 0 Å². The summed E-state index contributed by atoms with van der Waals surface area (Å²) in [6, 6.07) is 40.1. The lowest BCUT2D eigenvalue weighted by Gasteiger charge is -1.99. The lowest BCUT2D eigenvalue weighted by molar-refractivity contribution is 0.0662. The Bertz CT molecular complexity index is 1460. The molecule has 0 atom stereocenters. The molecular formula is C31H23BrN2O3. The zero-order valence-corrected chi connectivity index (χ0v) is 21.4. The monoisotopic (exact) mass is 550 g/mol. The van der Waals surface area contributed by atoms with Crippen LogP contribution in [-0.2, 0) is 0 Å². The molecule has 0 spiro atoms. The first-order chi connectivity index (χ1) is 17.7. The van der Waals surface area contributed by atoms with Gasteiger partial charge in [0.15, 0.2) is 0 Å². The molecule has 182 valence electrons. The number of aromatic nitrogens is 2. The number of fused-ring (bicyclic) bond motifs is 4. The predicted octanol–water partition coefficient (Wildman–Crippen LogP) is 8.33. The minimum Gasteiger partial charge on any atom is -0.475 e. The van der Waals surface area contributed by atoms with Crippen molar-refractivity contribution in [1.82, 2.24) is 9.97 Å². The molecule has 0 saturated heterocycles. The molecule has 7 rings (SSSR count). The molecule has 0 amide bonds. The third kappa shape index (κ3) is 6.18. The normalized spacial score (nSPS) is 10.2. The lowest BCUT2D eigenvalue weighted by Crippen LogP contribution is -1.90. The van der Waals surface area contributed by atoms with E-state index in [9.17, 15) is 4.79 Å². The average Bonchev–Trinajstić information content (AvgIpc) is 3.47. The summed E-state index contributed by atoms with van der Waals surface area (Å²) in [5.41, 5.74) is 4.25. The van der Waals surface area contributed by atoms with Crippen molar-refractivity contribution in [2.24, 2.45) is 0 Å². The Balaban J connectivity index is 0.000000133. The number of carboxylic acid groups (broad SMARTS) is 1. The van der Waals surface area contributed by atoms with Crippen molar-refractivity contribution in [2.45, 2.75) is 0 Å². The Kier molecular flexibility index (Phi) is 8.23. The summed E-state index contributed by atoms with van der Waals surface area (Å²) in [5.74, 6) is -1.06. The van der Waals surface area contributed by atoms with Crippen LogP contribution < -0.4 is 0 Å². The second-order valence-corrected chi connectivity index (χ2v) is 8.03. The molecule has 0 aliphatic heterocycles. The van der Waals surface area contributed by atoms with Gasteiger partial charge in [0.05, 0.1) is 28.3 Å². The Hall–Kier alpha value is -4.55. The van der Waals surface area contributed by atoms with Gasteiger partial charge in [-0.2, -0.15) is 0 Å². The number of benzene rings is 4. The quantitative estimate of drug-likeness (QED) is 0.208. The third-order valence-electron chi connectivity index (χ3n) is 5.58. The maximum absolute atomic E-state index is 9.97. The molecule has 3 aromatic heterocycles. The van der Waals surface area contributed by atoms with Gasteiger partial charge in [0.1, 0.15) is 0 Å². The van der Waals surface area contributed by atoms with Gasteiger partial charge in [0, 0.05) is 21.5 Å². The molecule has 0 unspecified atom stereocenters. The molecule has 7 aromatic rings. The Labute approximate surface area is 223 Å². The molecule has 6 heteroatoms. The first-order valence-corrected chi connectivity index (χ1v) is 11.4. The lowest BCUT2D eigenvalue weighted by atomic mass is 10.1. The molecule has 0 saturated carbocycles. The first-order valence-electron chi connectivity index (χ1n) is 11.4. The fourth-order valence-electron chi connectivity index (χ4n) is 3.84. The summed E-state index contributed by atoms with van der Waals surface area (Å²) in [6.45, 7) is 0. The summed E-state index contributed by atoms with van der Waals surface area (Å²) in [4.78, 5) is 19.1. The highest BCUT2D eigenvalue weighted by molar-refractivity contribution is 8.93. The van der Waals surface area contributed by atoms with E-state index in [1.807, 2.05) is 72.8 Å². The molecule has 0 fully saturated rings. The molecule has 37 heavy (non-hydrogen) atoms. The standard InChI is InChI=1S/2C13H9N.C5H4O3.BrH/c2*1-3-7-12-10(5-1)9-11-6-2-4-8-13(11)14-12;6-5(7)4-2-1-3-8-4;/h2*1-9H;1-3H,(H,6,7);1H. The van der Waals surface area contributed by atoms with E-state index in [0.29, 0.717) is 0 Å². The molecule has 3 heterocycles. The van der Waals surface area contributed by atoms with E-state index in [1.54, 1.807) is 0 Å². The molecule has 0 aliphatic rings. The fourth-order valence-corrected chi connectivity index (χ4v) is 3.84. The van der Waals surface area contributed by atoms with E-state index in [2.05, 4.69) is 50.8 Å². The average molecular weight is 551 g/mol. The molecule has 4 aromatic carbocycles. The largest absolute Gasteiger partial charge is 0.475 e. The van der Waals surface area contributed by atoms with Crippen molar-refractivity contribution >= 4 is 66.6 Å². The van der Waals surface area contributed by atoms with Crippen molar-refractivity contribution < 1.29 is 14.3 Å². The van der Waals surface area contributed by atoms with Gasteiger partial charge >= 0.3 is 5.97 Å².